The molecule has 3 aliphatic heterocycles. The van der Waals surface area contributed by atoms with E-state index in [0.29, 0.717) is 30.0 Å². The van der Waals surface area contributed by atoms with Gasteiger partial charge in [0, 0.05) is 25.3 Å². The maximum atomic E-state index is 12.9. The van der Waals surface area contributed by atoms with Crippen molar-refractivity contribution in [2.45, 2.75) is 49.6 Å². The fourth-order valence-electron chi connectivity index (χ4n) is 4.13. The number of benzene rings is 1. The predicted octanol–water partition coefficient (Wildman–Crippen LogP) is 1.99. The van der Waals surface area contributed by atoms with Crippen molar-refractivity contribution in [3.8, 4) is 0 Å². The molecule has 3 unspecified atom stereocenters. The van der Waals surface area contributed by atoms with Crippen LogP contribution in [0.25, 0.3) is 0 Å². The molecule has 8 heteroatoms. The lowest BCUT2D eigenvalue weighted by molar-refractivity contribution is -0.135. The zero-order valence-corrected chi connectivity index (χ0v) is 16.7. The van der Waals surface area contributed by atoms with Crippen molar-refractivity contribution in [1.29, 1.82) is 0 Å². The summed E-state index contributed by atoms with van der Waals surface area (Å²) in [5.41, 5.74) is 0.873. The van der Waals surface area contributed by atoms with Gasteiger partial charge < -0.3 is 20.3 Å². The van der Waals surface area contributed by atoms with Crippen LogP contribution in [0.1, 0.15) is 43.0 Å². The second-order valence-electron chi connectivity index (χ2n) is 7.65. The van der Waals surface area contributed by atoms with E-state index in [9.17, 15) is 14.4 Å². The Balaban J connectivity index is 1.44. The molecular weight excluding hydrogens is 378 g/mol. The molecule has 3 amide bonds. The third-order valence-corrected chi connectivity index (χ3v) is 7.20. The Hall–Kier alpha value is -2.06. The van der Waals surface area contributed by atoms with Crippen LogP contribution in [0.4, 0.5) is 5.69 Å². The van der Waals surface area contributed by atoms with Gasteiger partial charge in [0.15, 0.2) is 0 Å². The highest BCUT2D eigenvalue weighted by atomic mass is 32.2. The summed E-state index contributed by atoms with van der Waals surface area (Å²) < 4.78 is 5.54. The number of thioether (sulfide) groups is 1. The average Bonchev–Trinajstić information content (AvgIpc) is 3.38. The molecule has 0 aliphatic carbocycles. The van der Waals surface area contributed by atoms with E-state index in [0.717, 1.165) is 25.9 Å². The molecular formula is C20H25N3O4S. The number of amides is 3. The summed E-state index contributed by atoms with van der Waals surface area (Å²) in [5.74, 6) is 0.108. The van der Waals surface area contributed by atoms with Crippen molar-refractivity contribution >= 4 is 35.2 Å². The first-order valence-electron chi connectivity index (χ1n) is 9.74. The van der Waals surface area contributed by atoms with E-state index in [2.05, 4.69) is 10.6 Å². The molecule has 3 aliphatic rings. The van der Waals surface area contributed by atoms with Gasteiger partial charge >= 0.3 is 0 Å². The molecule has 0 bridgehead atoms. The molecule has 0 radical (unpaired) electrons. The van der Waals surface area contributed by atoms with Crippen LogP contribution in [0.2, 0.25) is 0 Å². The standard InChI is InChI=1S/C20H25N3O4S/c1-20-9-8-17(24)23(20)16(12-28-20)19(26)22-15-7-3-2-6-14(15)18(25)21-11-13-5-4-10-27-13/h2-3,6-7,13,16H,4-5,8-12H2,1H3,(H,21,25)(H,22,26). The van der Waals surface area contributed by atoms with Crippen LogP contribution in [-0.4, -0.2) is 58.5 Å². The monoisotopic (exact) mass is 403 g/mol. The lowest BCUT2D eigenvalue weighted by Crippen LogP contribution is -2.48. The minimum atomic E-state index is -0.506. The van der Waals surface area contributed by atoms with Gasteiger partial charge in [-0.05, 0) is 38.3 Å². The van der Waals surface area contributed by atoms with Crippen LogP contribution in [0.5, 0.6) is 0 Å². The summed E-state index contributed by atoms with van der Waals surface area (Å²) in [6.07, 6.45) is 3.26. The molecule has 28 heavy (non-hydrogen) atoms. The fourth-order valence-corrected chi connectivity index (χ4v) is 5.56. The zero-order chi connectivity index (χ0) is 19.7. The lowest BCUT2D eigenvalue weighted by atomic mass is 10.1. The first-order chi connectivity index (χ1) is 13.5. The van der Waals surface area contributed by atoms with Crippen LogP contribution in [0, 0.1) is 0 Å². The second-order valence-corrected chi connectivity index (χ2v) is 9.15. The number of hydrogen-bond acceptors (Lipinski definition) is 5. The van der Waals surface area contributed by atoms with Gasteiger partial charge in [0.25, 0.3) is 5.91 Å². The molecule has 3 atom stereocenters. The molecule has 3 saturated heterocycles. The third kappa shape index (κ3) is 3.63. The lowest BCUT2D eigenvalue weighted by Gasteiger charge is -2.30. The van der Waals surface area contributed by atoms with Gasteiger partial charge in [0.2, 0.25) is 11.8 Å². The van der Waals surface area contributed by atoms with Crippen LogP contribution in [0.3, 0.4) is 0 Å². The number of hydrogen-bond donors (Lipinski definition) is 2. The Morgan fingerprint density at radius 1 is 1.36 bits per heavy atom. The number of carbonyl (C=O) groups is 3. The number of carbonyl (C=O) groups excluding carboxylic acids is 3. The zero-order valence-electron chi connectivity index (χ0n) is 15.9. The number of fused-ring (bicyclic) bond motifs is 1. The molecule has 1 aromatic carbocycles. The van der Waals surface area contributed by atoms with Crippen molar-refractivity contribution in [3.05, 3.63) is 29.8 Å². The quantitative estimate of drug-likeness (QED) is 0.785. The van der Waals surface area contributed by atoms with Crippen molar-refractivity contribution in [2.75, 3.05) is 24.2 Å². The Morgan fingerprint density at radius 2 is 2.18 bits per heavy atom. The number of para-hydroxylation sites is 1. The van der Waals surface area contributed by atoms with E-state index in [1.807, 2.05) is 6.92 Å². The van der Waals surface area contributed by atoms with Gasteiger partial charge in [-0.3, -0.25) is 14.4 Å². The largest absolute Gasteiger partial charge is 0.376 e. The molecule has 7 nitrogen and oxygen atoms in total. The molecule has 3 heterocycles. The van der Waals surface area contributed by atoms with Gasteiger partial charge in [0.05, 0.1) is 22.2 Å². The molecule has 2 N–H and O–H groups in total. The van der Waals surface area contributed by atoms with Crippen molar-refractivity contribution in [2.24, 2.45) is 0 Å². The molecule has 4 rings (SSSR count). The van der Waals surface area contributed by atoms with E-state index >= 15 is 0 Å². The summed E-state index contributed by atoms with van der Waals surface area (Å²) in [6.45, 7) is 3.21. The summed E-state index contributed by atoms with van der Waals surface area (Å²) in [4.78, 5) is 39.2. The van der Waals surface area contributed by atoms with Crippen molar-refractivity contribution in [3.63, 3.8) is 0 Å². The predicted molar refractivity (Wildman–Crippen MR) is 107 cm³/mol. The minimum absolute atomic E-state index is 0.0234. The van der Waals surface area contributed by atoms with Gasteiger partial charge in [-0.1, -0.05) is 12.1 Å². The highest BCUT2D eigenvalue weighted by Gasteiger charge is 2.52. The van der Waals surface area contributed by atoms with Gasteiger partial charge in [0.1, 0.15) is 6.04 Å². The van der Waals surface area contributed by atoms with E-state index < -0.39 is 6.04 Å². The third-order valence-electron chi connectivity index (χ3n) is 5.69. The van der Waals surface area contributed by atoms with Crippen LogP contribution in [-0.2, 0) is 14.3 Å². The van der Waals surface area contributed by atoms with E-state index in [1.54, 1.807) is 40.9 Å². The molecule has 0 saturated carbocycles. The first kappa shape index (κ1) is 19.3. The molecule has 3 fully saturated rings. The highest BCUT2D eigenvalue weighted by Crippen LogP contribution is 2.47. The summed E-state index contributed by atoms with van der Waals surface area (Å²) in [6, 6.07) is 6.44. The van der Waals surface area contributed by atoms with Gasteiger partial charge in [-0.2, -0.15) is 0 Å². The average molecular weight is 404 g/mol. The van der Waals surface area contributed by atoms with Crippen LogP contribution < -0.4 is 10.6 Å². The highest BCUT2D eigenvalue weighted by molar-refractivity contribution is 8.01. The normalized spacial score (nSPS) is 29.0. The Morgan fingerprint density at radius 3 is 2.96 bits per heavy atom. The topological polar surface area (TPSA) is 87.7 Å². The van der Waals surface area contributed by atoms with Crippen LogP contribution >= 0.6 is 11.8 Å². The van der Waals surface area contributed by atoms with E-state index in [-0.39, 0.29) is 28.7 Å². The Bertz CT molecular complexity index is 795. The van der Waals surface area contributed by atoms with Crippen LogP contribution in [0.15, 0.2) is 24.3 Å². The summed E-state index contributed by atoms with van der Waals surface area (Å²) in [5, 5.41) is 5.76. The minimum Gasteiger partial charge on any atom is -0.376 e. The number of nitrogens with one attached hydrogen (secondary N) is 2. The Labute approximate surface area is 168 Å². The molecule has 0 aromatic heterocycles. The van der Waals surface area contributed by atoms with Crippen molar-refractivity contribution in [1.82, 2.24) is 10.2 Å². The van der Waals surface area contributed by atoms with Gasteiger partial charge in [-0.15, -0.1) is 11.8 Å². The SMILES string of the molecule is CC12CCC(=O)N1C(C(=O)Nc1ccccc1C(=O)NCC1CCCO1)CS2. The first-order valence-corrected chi connectivity index (χ1v) is 10.7. The molecule has 0 spiro atoms. The molecule has 1 aromatic rings. The number of nitrogens with zero attached hydrogens (tertiary/aromatic N) is 1. The van der Waals surface area contributed by atoms with E-state index in [4.69, 9.17) is 4.74 Å². The van der Waals surface area contributed by atoms with E-state index in [1.165, 1.54) is 0 Å². The summed E-state index contributed by atoms with van der Waals surface area (Å²) >= 11 is 1.65. The molecule has 150 valence electrons. The fraction of sp³-hybridized carbons (Fsp3) is 0.550. The van der Waals surface area contributed by atoms with Gasteiger partial charge in [-0.25, -0.2) is 0 Å². The second kappa shape index (κ2) is 7.75. The number of anilines is 1. The number of rotatable bonds is 5. The maximum absolute atomic E-state index is 12.9. The summed E-state index contributed by atoms with van der Waals surface area (Å²) in [7, 11) is 0. The van der Waals surface area contributed by atoms with Crippen molar-refractivity contribution < 1.29 is 19.1 Å². The smallest absolute Gasteiger partial charge is 0.253 e. The number of ether oxygens (including phenoxy) is 1. The maximum Gasteiger partial charge on any atom is 0.253 e. The Kier molecular flexibility index (Phi) is 5.33.